The fourth-order valence-corrected chi connectivity index (χ4v) is 1.84. The van der Waals surface area contributed by atoms with E-state index >= 15 is 0 Å². The van der Waals surface area contributed by atoms with Crippen LogP contribution in [-0.2, 0) is 0 Å². The number of nitrogens with zero attached hydrogens (tertiary/aromatic N) is 1. The summed E-state index contributed by atoms with van der Waals surface area (Å²) >= 11 is 0. The van der Waals surface area contributed by atoms with E-state index in [4.69, 9.17) is 5.11 Å². The molecule has 0 saturated heterocycles. The summed E-state index contributed by atoms with van der Waals surface area (Å²) in [5.41, 5.74) is -0.578. The van der Waals surface area contributed by atoms with Crippen LogP contribution in [0.4, 0.5) is 10.1 Å². The molecule has 20 heavy (non-hydrogen) atoms. The molecule has 1 atom stereocenters. The number of halogens is 1. The van der Waals surface area contributed by atoms with E-state index in [1.165, 1.54) is 6.92 Å². The first-order valence-electron chi connectivity index (χ1n) is 6.20. The van der Waals surface area contributed by atoms with Crippen LogP contribution in [0.5, 0.6) is 0 Å². The molecule has 0 saturated carbocycles. The van der Waals surface area contributed by atoms with Gasteiger partial charge in [-0.25, -0.2) is 4.39 Å². The zero-order valence-corrected chi connectivity index (χ0v) is 11.4. The van der Waals surface area contributed by atoms with Gasteiger partial charge in [0.05, 0.1) is 4.92 Å². The summed E-state index contributed by atoms with van der Waals surface area (Å²) in [6.45, 7) is 3.45. The maximum absolute atomic E-state index is 13.3. The van der Waals surface area contributed by atoms with Crippen molar-refractivity contribution in [2.45, 2.75) is 20.3 Å². The standard InChI is InChI=1S/C13H17FN2O4/c1-8(3-4-17)7-15-13(18)11-6-10(14)5-9(2)12(11)16(19)20/h5-6,8,17H,3-4,7H2,1-2H3,(H,15,18). The number of nitro benzene ring substituents is 1. The molecule has 0 aromatic heterocycles. The first-order chi connectivity index (χ1) is 9.36. The Morgan fingerprint density at radius 1 is 1.55 bits per heavy atom. The average molecular weight is 284 g/mol. The zero-order valence-electron chi connectivity index (χ0n) is 11.4. The van der Waals surface area contributed by atoms with Crippen molar-refractivity contribution in [2.75, 3.05) is 13.2 Å². The quantitative estimate of drug-likeness (QED) is 0.615. The first-order valence-corrected chi connectivity index (χ1v) is 6.20. The molecule has 2 N–H and O–H groups in total. The van der Waals surface area contributed by atoms with Gasteiger partial charge >= 0.3 is 0 Å². The Labute approximate surface area is 115 Å². The maximum Gasteiger partial charge on any atom is 0.285 e. The van der Waals surface area contributed by atoms with E-state index in [9.17, 15) is 19.3 Å². The highest BCUT2D eigenvalue weighted by Gasteiger charge is 2.24. The minimum Gasteiger partial charge on any atom is -0.396 e. The molecule has 1 aromatic rings. The van der Waals surface area contributed by atoms with Gasteiger partial charge in [-0.05, 0) is 31.4 Å². The van der Waals surface area contributed by atoms with Crippen molar-refractivity contribution < 1.29 is 19.2 Å². The highest BCUT2D eigenvalue weighted by atomic mass is 19.1. The van der Waals surface area contributed by atoms with Crippen LogP contribution in [0.25, 0.3) is 0 Å². The van der Waals surface area contributed by atoms with Crippen molar-refractivity contribution in [2.24, 2.45) is 5.92 Å². The van der Waals surface area contributed by atoms with Gasteiger partial charge in [-0.3, -0.25) is 14.9 Å². The van der Waals surface area contributed by atoms with Crippen LogP contribution in [0, 0.1) is 28.8 Å². The smallest absolute Gasteiger partial charge is 0.285 e. The summed E-state index contributed by atoms with van der Waals surface area (Å²) in [7, 11) is 0. The van der Waals surface area contributed by atoms with Gasteiger partial charge < -0.3 is 10.4 Å². The van der Waals surface area contributed by atoms with Gasteiger partial charge in [0, 0.05) is 18.7 Å². The normalized spacial score (nSPS) is 12.0. The molecule has 7 heteroatoms. The number of aryl methyl sites for hydroxylation is 1. The SMILES string of the molecule is Cc1cc(F)cc(C(=O)NCC(C)CCO)c1[N+](=O)[O-]. The molecule has 0 aliphatic carbocycles. The molecular formula is C13H17FN2O4. The predicted octanol–water partition coefficient (Wildman–Crippen LogP) is 1.79. The van der Waals surface area contributed by atoms with E-state index < -0.39 is 22.3 Å². The summed E-state index contributed by atoms with van der Waals surface area (Å²) in [5.74, 6) is -1.36. The number of aliphatic hydroxyl groups excluding tert-OH is 1. The second-order valence-corrected chi connectivity index (χ2v) is 4.70. The second-order valence-electron chi connectivity index (χ2n) is 4.70. The van der Waals surface area contributed by atoms with Crippen molar-refractivity contribution in [3.63, 3.8) is 0 Å². The first kappa shape index (κ1) is 16.0. The number of nitrogens with one attached hydrogen (secondary N) is 1. The van der Waals surface area contributed by atoms with E-state index in [0.29, 0.717) is 6.42 Å². The Morgan fingerprint density at radius 2 is 2.20 bits per heavy atom. The van der Waals surface area contributed by atoms with Crippen LogP contribution in [0.3, 0.4) is 0 Å². The Bertz CT molecular complexity index is 519. The third-order valence-electron chi connectivity index (χ3n) is 2.93. The van der Waals surface area contributed by atoms with Crippen LogP contribution in [0.15, 0.2) is 12.1 Å². The van der Waals surface area contributed by atoms with E-state index in [0.717, 1.165) is 12.1 Å². The average Bonchev–Trinajstić information content (AvgIpc) is 2.34. The largest absolute Gasteiger partial charge is 0.396 e. The van der Waals surface area contributed by atoms with Crippen molar-refractivity contribution in [1.82, 2.24) is 5.32 Å². The van der Waals surface area contributed by atoms with Crippen molar-refractivity contribution >= 4 is 11.6 Å². The molecule has 0 heterocycles. The fourth-order valence-electron chi connectivity index (χ4n) is 1.84. The Hall–Kier alpha value is -2.02. The van der Waals surface area contributed by atoms with Gasteiger partial charge in [-0.1, -0.05) is 6.92 Å². The molecule has 0 bridgehead atoms. The molecule has 1 rings (SSSR count). The molecule has 0 radical (unpaired) electrons. The van der Waals surface area contributed by atoms with E-state index in [1.807, 2.05) is 6.92 Å². The molecule has 1 aromatic carbocycles. The summed E-state index contributed by atoms with van der Waals surface area (Å²) < 4.78 is 13.3. The van der Waals surface area contributed by atoms with Crippen LogP contribution in [0.1, 0.15) is 29.3 Å². The van der Waals surface area contributed by atoms with E-state index in [2.05, 4.69) is 5.32 Å². The van der Waals surface area contributed by atoms with Crippen molar-refractivity contribution in [1.29, 1.82) is 0 Å². The molecule has 1 amide bonds. The maximum atomic E-state index is 13.3. The summed E-state index contributed by atoms with van der Waals surface area (Å²) in [6, 6.07) is 1.88. The Morgan fingerprint density at radius 3 is 2.75 bits per heavy atom. The molecule has 0 aliphatic rings. The molecule has 6 nitrogen and oxygen atoms in total. The highest BCUT2D eigenvalue weighted by molar-refractivity contribution is 5.98. The number of hydrogen-bond donors (Lipinski definition) is 2. The Kier molecular flexibility index (Phi) is 5.57. The van der Waals surface area contributed by atoms with Crippen LogP contribution in [-0.4, -0.2) is 29.1 Å². The van der Waals surface area contributed by atoms with Crippen molar-refractivity contribution in [3.05, 3.63) is 39.2 Å². The van der Waals surface area contributed by atoms with Gasteiger partial charge in [-0.15, -0.1) is 0 Å². The lowest BCUT2D eigenvalue weighted by Gasteiger charge is -2.12. The van der Waals surface area contributed by atoms with E-state index in [1.54, 1.807) is 0 Å². The van der Waals surface area contributed by atoms with Gasteiger partial charge in [0.25, 0.3) is 11.6 Å². The molecular weight excluding hydrogens is 267 g/mol. The van der Waals surface area contributed by atoms with Gasteiger partial charge in [-0.2, -0.15) is 0 Å². The van der Waals surface area contributed by atoms with Crippen LogP contribution in [0.2, 0.25) is 0 Å². The second kappa shape index (κ2) is 6.95. The number of nitro groups is 1. The number of carbonyl (C=O) groups is 1. The summed E-state index contributed by atoms with van der Waals surface area (Å²) in [4.78, 5) is 22.2. The predicted molar refractivity (Wildman–Crippen MR) is 71.0 cm³/mol. The van der Waals surface area contributed by atoms with Gasteiger partial charge in [0.15, 0.2) is 0 Å². The summed E-state index contributed by atoms with van der Waals surface area (Å²) in [5, 5.41) is 22.2. The molecule has 110 valence electrons. The molecule has 0 fully saturated rings. The third-order valence-corrected chi connectivity index (χ3v) is 2.93. The van der Waals surface area contributed by atoms with Gasteiger partial charge in [0.2, 0.25) is 0 Å². The monoisotopic (exact) mass is 284 g/mol. The van der Waals surface area contributed by atoms with E-state index in [-0.39, 0.29) is 30.2 Å². The Balaban J connectivity index is 2.95. The number of aliphatic hydroxyl groups is 1. The highest BCUT2D eigenvalue weighted by Crippen LogP contribution is 2.24. The van der Waals surface area contributed by atoms with Crippen molar-refractivity contribution in [3.8, 4) is 0 Å². The number of carbonyl (C=O) groups excluding carboxylic acids is 1. The third kappa shape index (κ3) is 3.99. The number of amides is 1. The zero-order chi connectivity index (χ0) is 15.3. The molecule has 0 aliphatic heterocycles. The number of rotatable bonds is 6. The lowest BCUT2D eigenvalue weighted by molar-refractivity contribution is -0.385. The number of hydrogen-bond acceptors (Lipinski definition) is 4. The fraction of sp³-hybridized carbons (Fsp3) is 0.462. The minimum atomic E-state index is -0.694. The summed E-state index contributed by atoms with van der Waals surface area (Å²) in [6.07, 6.45) is 0.505. The lowest BCUT2D eigenvalue weighted by Crippen LogP contribution is -2.29. The van der Waals surface area contributed by atoms with Gasteiger partial charge in [0.1, 0.15) is 11.4 Å². The molecule has 0 spiro atoms. The topological polar surface area (TPSA) is 92.5 Å². The van der Waals surface area contributed by atoms with Crippen LogP contribution < -0.4 is 5.32 Å². The number of benzene rings is 1. The minimum absolute atomic E-state index is 0.00371. The lowest BCUT2D eigenvalue weighted by atomic mass is 10.1. The molecule has 1 unspecified atom stereocenters. The van der Waals surface area contributed by atoms with Crippen LogP contribution >= 0.6 is 0 Å².